The van der Waals surface area contributed by atoms with Gasteiger partial charge in [-0.25, -0.2) is 8.42 Å². The minimum Gasteiger partial charge on any atom is -0.330 e. The van der Waals surface area contributed by atoms with Crippen LogP contribution in [0.5, 0.6) is 0 Å². The fourth-order valence-electron chi connectivity index (χ4n) is 3.95. The quantitative estimate of drug-likeness (QED) is 0.910. The Morgan fingerprint density at radius 1 is 1.18 bits per heavy atom. The zero-order valence-corrected chi connectivity index (χ0v) is 13.9. The van der Waals surface area contributed by atoms with E-state index in [1.54, 1.807) is 0 Å². The maximum absolute atomic E-state index is 11.6. The molecule has 122 valence electrons. The molecule has 0 amide bonds. The number of likely N-dealkylation sites (tertiary alicyclic amines) is 1. The summed E-state index contributed by atoms with van der Waals surface area (Å²) in [4.78, 5) is 2.43. The van der Waals surface area contributed by atoms with E-state index in [0.29, 0.717) is 24.0 Å². The van der Waals surface area contributed by atoms with E-state index in [1.165, 1.54) is 5.56 Å². The van der Waals surface area contributed by atoms with Gasteiger partial charge in [0, 0.05) is 18.5 Å². The molecule has 1 aromatic rings. The van der Waals surface area contributed by atoms with Crippen LogP contribution < -0.4 is 5.73 Å². The monoisotopic (exact) mass is 322 g/mol. The molecule has 2 saturated heterocycles. The number of sulfone groups is 1. The van der Waals surface area contributed by atoms with E-state index in [2.05, 4.69) is 29.2 Å². The Kier molecular flexibility index (Phi) is 4.57. The molecule has 0 aliphatic carbocycles. The third-order valence-corrected chi connectivity index (χ3v) is 7.27. The van der Waals surface area contributed by atoms with Crippen LogP contribution in [-0.4, -0.2) is 51.0 Å². The number of rotatable bonds is 4. The maximum Gasteiger partial charge on any atom is 0.150 e. The summed E-state index contributed by atoms with van der Waals surface area (Å²) in [6.45, 7) is 3.64. The normalized spacial score (nSPS) is 27.8. The third kappa shape index (κ3) is 3.36. The van der Waals surface area contributed by atoms with Gasteiger partial charge in [0.05, 0.1) is 11.5 Å². The lowest BCUT2D eigenvalue weighted by Gasteiger charge is -2.42. The van der Waals surface area contributed by atoms with Gasteiger partial charge < -0.3 is 10.6 Å². The lowest BCUT2D eigenvalue weighted by Crippen LogP contribution is -2.47. The van der Waals surface area contributed by atoms with Crippen LogP contribution in [0.15, 0.2) is 30.3 Å². The highest BCUT2D eigenvalue weighted by Gasteiger charge is 2.36. The number of benzene rings is 1. The molecule has 1 atom stereocenters. The lowest BCUT2D eigenvalue weighted by atomic mass is 9.73. The number of nitrogens with two attached hydrogens (primary N) is 1. The van der Waals surface area contributed by atoms with Crippen LogP contribution in [-0.2, 0) is 15.3 Å². The zero-order valence-electron chi connectivity index (χ0n) is 13.1. The fourth-order valence-corrected chi connectivity index (χ4v) is 5.80. The molecular weight excluding hydrogens is 296 g/mol. The van der Waals surface area contributed by atoms with Crippen molar-refractivity contribution in [1.82, 2.24) is 4.90 Å². The molecule has 0 radical (unpaired) electrons. The summed E-state index contributed by atoms with van der Waals surface area (Å²) < 4.78 is 23.2. The van der Waals surface area contributed by atoms with Crippen molar-refractivity contribution in [2.75, 3.05) is 37.7 Å². The summed E-state index contributed by atoms with van der Waals surface area (Å²) in [6, 6.07) is 10.6. The van der Waals surface area contributed by atoms with Crippen molar-refractivity contribution in [2.45, 2.75) is 24.7 Å². The van der Waals surface area contributed by atoms with Crippen molar-refractivity contribution in [3.63, 3.8) is 0 Å². The number of nitrogens with zero attached hydrogens (tertiary/aromatic N) is 1. The van der Waals surface area contributed by atoms with Crippen LogP contribution in [0.1, 0.15) is 24.8 Å². The zero-order chi connectivity index (χ0) is 15.6. The van der Waals surface area contributed by atoms with E-state index in [-0.39, 0.29) is 5.41 Å². The van der Waals surface area contributed by atoms with Gasteiger partial charge in [-0.05, 0) is 43.8 Å². The largest absolute Gasteiger partial charge is 0.330 e. The summed E-state index contributed by atoms with van der Waals surface area (Å²) in [5.74, 6) is 1.08. The van der Waals surface area contributed by atoms with Gasteiger partial charge in [-0.1, -0.05) is 30.3 Å². The average molecular weight is 322 g/mol. The number of hydrogen-bond donors (Lipinski definition) is 1. The molecule has 0 bridgehead atoms. The fraction of sp³-hybridized carbons (Fsp3) is 0.647. The van der Waals surface area contributed by atoms with Crippen molar-refractivity contribution in [2.24, 2.45) is 11.7 Å². The summed E-state index contributed by atoms with van der Waals surface area (Å²) in [7, 11) is -2.76. The predicted molar refractivity (Wildman–Crippen MR) is 89.6 cm³/mol. The van der Waals surface area contributed by atoms with Gasteiger partial charge in [-0.15, -0.1) is 0 Å². The second kappa shape index (κ2) is 6.30. The molecule has 5 heteroatoms. The van der Waals surface area contributed by atoms with Crippen LogP contribution in [0, 0.1) is 5.92 Å². The molecular formula is C17H26N2O2S. The van der Waals surface area contributed by atoms with E-state index in [1.807, 2.05) is 6.07 Å². The first kappa shape index (κ1) is 16.0. The highest BCUT2D eigenvalue weighted by molar-refractivity contribution is 7.91. The molecule has 2 heterocycles. The van der Waals surface area contributed by atoms with Crippen LogP contribution in [0.2, 0.25) is 0 Å². The molecule has 2 aliphatic heterocycles. The molecule has 22 heavy (non-hydrogen) atoms. The first-order chi connectivity index (χ1) is 10.5. The van der Waals surface area contributed by atoms with Crippen molar-refractivity contribution >= 4 is 9.84 Å². The van der Waals surface area contributed by atoms with E-state index in [9.17, 15) is 8.42 Å². The minimum absolute atomic E-state index is 0.0967. The molecule has 0 saturated carbocycles. The topological polar surface area (TPSA) is 63.4 Å². The Hall–Kier alpha value is -0.910. The summed E-state index contributed by atoms with van der Waals surface area (Å²) >= 11 is 0. The van der Waals surface area contributed by atoms with E-state index in [4.69, 9.17) is 5.73 Å². The Balaban J connectivity index is 1.60. The van der Waals surface area contributed by atoms with Crippen LogP contribution in [0.4, 0.5) is 0 Å². The Labute approximate surface area is 133 Å². The molecule has 2 fully saturated rings. The molecule has 2 aliphatic rings. The summed E-state index contributed by atoms with van der Waals surface area (Å²) in [5, 5.41) is 0. The lowest BCUT2D eigenvalue weighted by molar-refractivity contribution is 0.146. The van der Waals surface area contributed by atoms with Gasteiger partial charge in [-0.2, -0.15) is 0 Å². The summed E-state index contributed by atoms with van der Waals surface area (Å²) in [5.41, 5.74) is 7.56. The molecule has 1 unspecified atom stereocenters. The minimum atomic E-state index is -2.76. The van der Waals surface area contributed by atoms with Gasteiger partial charge >= 0.3 is 0 Å². The van der Waals surface area contributed by atoms with Gasteiger partial charge in [0.25, 0.3) is 0 Å². The van der Waals surface area contributed by atoms with Gasteiger partial charge in [-0.3, -0.25) is 0 Å². The van der Waals surface area contributed by atoms with Gasteiger partial charge in [0.1, 0.15) is 0 Å². The van der Waals surface area contributed by atoms with Crippen LogP contribution >= 0.6 is 0 Å². The molecule has 2 N–H and O–H groups in total. The van der Waals surface area contributed by atoms with Gasteiger partial charge in [0.15, 0.2) is 9.84 Å². The second-order valence-electron chi connectivity index (χ2n) is 6.92. The van der Waals surface area contributed by atoms with Crippen LogP contribution in [0.25, 0.3) is 0 Å². The van der Waals surface area contributed by atoms with Crippen molar-refractivity contribution in [1.29, 1.82) is 0 Å². The van der Waals surface area contributed by atoms with E-state index in [0.717, 1.165) is 38.9 Å². The van der Waals surface area contributed by atoms with Gasteiger partial charge in [0.2, 0.25) is 0 Å². The Morgan fingerprint density at radius 3 is 2.41 bits per heavy atom. The second-order valence-corrected chi connectivity index (χ2v) is 9.15. The SMILES string of the molecule is NCC1(c2ccccc2)CCN(CC2CCS(=O)(=O)C2)CC1. The smallest absolute Gasteiger partial charge is 0.150 e. The van der Waals surface area contributed by atoms with Crippen molar-refractivity contribution in [3.8, 4) is 0 Å². The van der Waals surface area contributed by atoms with E-state index < -0.39 is 9.84 Å². The predicted octanol–water partition coefficient (Wildman–Crippen LogP) is 1.41. The standard InChI is InChI=1S/C17H26N2O2S/c18-14-17(16-4-2-1-3-5-16)7-9-19(10-8-17)12-15-6-11-22(20,21)13-15/h1-5,15H,6-14,18H2. The first-order valence-electron chi connectivity index (χ1n) is 8.21. The maximum atomic E-state index is 11.6. The Morgan fingerprint density at radius 2 is 1.86 bits per heavy atom. The van der Waals surface area contributed by atoms with Crippen molar-refractivity contribution < 1.29 is 8.42 Å². The average Bonchev–Trinajstić information content (AvgIpc) is 2.88. The number of hydrogen-bond acceptors (Lipinski definition) is 4. The van der Waals surface area contributed by atoms with Crippen molar-refractivity contribution in [3.05, 3.63) is 35.9 Å². The van der Waals surface area contributed by atoms with E-state index >= 15 is 0 Å². The Bertz CT molecular complexity index is 592. The molecule has 4 nitrogen and oxygen atoms in total. The number of piperidine rings is 1. The first-order valence-corrected chi connectivity index (χ1v) is 10.0. The third-order valence-electron chi connectivity index (χ3n) is 5.43. The van der Waals surface area contributed by atoms with Crippen LogP contribution in [0.3, 0.4) is 0 Å². The highest BCUT2D eigenvalue weighted by atomic mass is 32.2. The summed E-state index contributed by atoms with van der Waals surface area (Å²) in [6.07, 6.45) is 2.96. The molecule has 0 spiro atoms. The molecule has 3 rings (SSSR count). The highest BCUT2D eigenvalue weighted by Crippen LogP contribution is 2.35. The molecule has 1 aromatic carbocycles. The molecule has 0 aromatic heterocycles.